The van der Waals surface area contributed by atoms with Gasteiger partial charge in [0.15, 0.2) is 4.34 Å². The summed E-state index contributed by atoms with van der Waals surface area (Å²) in [6.07, 6.45) is 0. The van der Waals surface area contributed by atoms with E-state index in [1.165, 1.54) is 30.2 Å². The number of carbonyl (C=O) groups is 3. The Morgan fingerprint density at radius 1 is 0.909 bits per heavy atom. The number of hydrogen-bond donors (Lipinski definition) is 2. The van der Waals surface area contributed by atoms with Crippen molar-refractivity contribution < 1.29 is 19.1 Å². The van der Waals surface area contributed by atoms with Gasteiger partial charge >= 0.3 is 5.97 Å². The third-order valence-electron chi connectivity index (χ3n) is 4.56. The first-order valence-electron chi connectivity index (χ1n) is 9.76. The Morgan fingerprint density at radius 3 is 2.39 bits per heavy atom. The highest BCUT2D eigenvalue weighted by Gasteiger charge is 2.13. The highest BCUT2D eigenvalue weighted by molar-refractivity contribution is 8.01. The van der Waals surface area contributed by atoms with Crippen molar-refractivity contribution in [2.45, 2.75) is 4.34 Å². The fourth-order valence-corrected chi connectivity index (χ4v) is 4.50. The Hall–Kier alpha value is -3.76. The van der Waals surface area contributed by atoms with Crippen LogP contribution in [0.4, 0.5) is 10.8 Å². The number of hydrogen-bond acceptors (Lipinski definition) is 8. The Morgan fingerprint density at radius 2 is 1.64 bits per heavy atom. The molecule has 0 bridgehead atoms. The van der Waals surface area contributed by atoms with Gasteiger partial charge in [-0.05, 0) is 47.2 Å². The van der Waals surface area contributed by atoms with Gasteiger partial charge in [0, 0.05) is 11.3 Å². The first kappa shape index (κ1) is 22.4. The van der Waals surface area contributed by atoms with E-state index in [1.54, 1.807) is 30.3 Å². The highest BCUT2D eigenvalue weighted by atomic mass is 32.2. The third kappa shape index (κ3) is 5.73. The highest BCUT2D eigenvalue weighted by Crippen LogP contribution is 2.26. The van der Waals surface area contributed by atoms with Crippen molar-refractivity contribution in [2.24, 2.45) is 0 Å². The van der Waals surface area contributed by atoms with Crippen LogP contribution in [0, 0.1) is 0 Å². The van der Waals surface area contributed by atoms with Crippen molar-refractivity contribution in [1.29, 1.82) is 0 Å². The molecule has 0 saturated heterocycles. The molecule has 0 aliphatic carbocycles. The van der Waals surface area contributed by atoms with E-state index < -0.39 is 5.97 Å². The predicted octanol–water partition coefficient (Wildman–Crippen LogP) is 4.46. The van der Waals surface area contributed by atoms with Crippen LogP contribution < -0.4 is 10.6 Å². The molecule has 166 valence electrons. The number of fused-ring (bicyclic) bond motifs is 1. The van der Waals surface area contributed by atoms with Crippen LogP contribution in [0.15, 0.2) is 71.1 Å². The van der Waals surface area contributed by atoms with Gasteiger partial charge in [0.25, 0.3) is 5.91 Å². The fraction of sp³-hybridized carbons (Fsp3) is 0.0870. The number of aromatic nitrogens is 2. The monoisotopic (exact) mass is 478 g/mol. The van der Waals surface area contributed by atoms with Gasteiger partial charge < -0.3 is 10.1 Å². The average Bonchev–Trinajstić information content (AvgIpc) is 3.29. The molecule has 0 saturated carbocycles. The van der Waals surface area contributed by atoms with Gasteiger partial charge in [-0.15, -0.1) is 10.2 Å². The zero-order chi connectivity index (χ0) is 23.2. The van der Waals surface area contributed by atoms with E-state index >= 15 is 0 Å². The van der Waals surface area contributed by atoms with Gasteiger partial charge in [0.1, 0.15) is 0 Å². The van der Waals surface area contributed by atoms with Crippen LogP contribution in [0.1, 0.15) is 20.7 Å². The fourth-order valence-electron chi connectivity index (χ4n) is 2.95. The number of carbonyl (C=O) groups excluding carboxylic acids is 3. The molecule has 0 unspecified atom stereocenters. The largest absolute Gasteiger partial charge is 0.465 e. The molecule has 0 aliphatic heterocycles. The van der Waals surface area contributed by atoms with Crippen molar-refractivity contribution in [2.75, 3.05) is 23.5 Å². The van der Waals surface area contributed by atoms with Crippen LogP contribution >= 0.6 is 23.1 Å². The van der Waals surface area contributed by atoms with Crippen LogP contribution in [0.3, 0.4) is 0 Å². The molecule has 0 atom stereocenters. The van der Waals surface area contributed by atoms with Crippen molar-refractivity contribution in [3.63, 3.8) is 0 Å². The number of thioether (sulfide) groups is 1. The van der Waals surface area contributed by atoms with E-state index in [4.69, 9.17) is 0 Å². The summed E-state index contributed by atoms with van der Waals surface area (Å²) >= 11 is 2.41. The van der Waals surface area contributed by atoms with Crippen LogP contribution in [0.25, 0.3) is 10.8 Å². The molecule has 4 aromatic rings. The number of ether oxygens (including phenoxy) is 1. The Labute approximate surface area is 197 Å². The van der Waals surface area contributed by atoms with E-state index in [1.807, 2.05) is 36.4 Å². The summed E-state index contributed by atoms with van der Waals surface area (Å²) in [4.78, 5) is 36.2. The normalized spacial score (nSPS) is 10.6. The summed E-state index contributed by atoms with van der Waals surface area (Å²) in [6, 6.07) is 19.7. The van der Waals surface area contributed by atoms with E-state index in [2.05, 4.69) is 25.6 Å². The van der Waals surface area contributed by atoms with Gasteiger partial charge in [-0.25, -0.2) is 4.79 Å². The van der Waals surface area contributed by atoms with Gasteiger partial charge in [-0.2, -0.15) is 0 Å². The lowest BCUT2D eigenvalue weighted by Gasteiger charge is -2.05. The molecule has 1 aromatic heterocycles. The number of nitrogens with zero attached hydrogens (tertiary/aromatic N) is 2. The summed E-state index contributed by atoms with van der Waals surface area (Å²) in [5.41, 5.74) is 1.49. The van der Waals surface area contributed by atoms with Crippen LogP contribution in [-0.2, 0) is 9.53 Å². The lowest BCUT2D eigenvalue weighted by atomic mass is 10.1. The molecule has 0 fully saturated rings. The number of amides is 2. The van der Waals surface area contributed by atoms with Gasteiger partial charge in [0.2, 0.25) is 11.0 Å². The molecule has 0 radical (unpaired) electrons. The first-order valence-corrected chi connectivity index (χ1v) is 11.6. The lowest BCUT2D eigenvalue weighted by Crippen LogP contribution is -2.14. The smallest absolute Gasteiger partial charge is 0.337 e. The second-order valence-corrected chi connectivity index (χ2v) is 8.99. The van der Waals surface area contributed by atoms with Gasteiger partial charge in [0.05, 0.1) is 18.4 Å². The summed E-state index contributed by atoms with van der Waals surface area (Å²) in [6.45, 7) is 0. The summed E-state index contributed by atoms with van der Waals surface area (Å²) in [5.74, 6) is -0.834. The van der Waals surface area contributed by atoms with Crippen LogP contribution in [0.2, 0.25) is 0 Å². The molecule has 33 heavy (non-hydrogen) atoms. The van der Waals surface area contributed by atoms with E-state index in [0.717, 1.165) is 10.8 Å². The van der Waals surface area contributed by atoms with Crippen molar-refractivity contribution in [3.8, 4) is 0 Å². The maximum Gasteiger partial charge on any atom is 0.337 e. The lowest BCUT2D eigenvalue weighted by molar-refractivity contribution is -0.113. The zero-order valence-electron chi connectivity index (χ0n) is 17.4. The summed E-state index contributed by atoms with van der Waals surface area (Å²) in [5, 5.41) is 15.9. The topological polar surface area (TPSA) is 110 Å². The van der Waals surface area contributed by atoms with E-state index in [0.29, 0.717) is 26.3 Å². The summed E-state index contributed by atoms with van der Waals surface area (Å²) < 4.78 is 5.20. The predicted molar refractivity (Wildman–Crippen MR) is 129 cm³/mol. The Balaban J connectivity index is 1.29. The van der Waals surface area contributed by atoms with E-state index in [-0.39, 0.29) is 17.6 Å². The minimum atomic E-state index is -0.441. The Kier molecular flexibility index (Phi) is 6.96. The van der Waals surface area contributed by atoms with E-state index in [9.17, 15) is 14.4 Å². The SMILES string of the molecule is COC(=O)c1ccc(NC(=O)CSc2nnc(NC(=O)c3ccc4ccccc4c3)s2)cc1. The number of rotatable bonds is 7. The molecule has 3 aromatic carbocycles. The number of esters is 1. The molecule has 4 rings (SSSR count). The number of methoxy groups -OCH3 is 1. The van der Waals surface area contributed by atoms with Gasteiger partial charge in [-0.3, -0.25) is 14.9 Å². The number of benzene rings is 3. The molecule has 0 aliphatic rings. The standard InChI is InChI=1S/C23H18N4O4S2/c1-31-21(30)15-8-10-18(11-9-15)24-19(28)13-32-23-27-26-22(33-23)25-20(29)17-7-6-14-4-2-3-5-16(14)12-17/h2-12H,13H2,1H3,(H,24,28)(H,25,26,29). The molecule has 8 nitrogen and oxygen atoms in total. The molecular weight excluding hydrogens is 460 g/mol. The van der Waals surface area contributed by atoms with Crippen molar-refractivity contribution in [3.05, 3.63) is 77.9 Å². The minimum Gasteiger partial charge on any atom is -0.465 e. The second kappa shape index (κ2) is 10.2. The molecule has 2 N–H and O–H groups in total. The number of nitrogens with one attached hydrogen (secondary N) is 2. The van der Waals surface area contributed by atoms with Crippen LogP contribution in [-0.4, -0.2) is 40.8 Å². The molecular formula is C23H18N4O4S2. The van der Waals surface area contributed by atoms with Crippen LogP contribution in [0.5, 0.6) is 0 Å². The molecule has 1 heterocycles. The first-order chi connectivity index (χ1) is 16.0. The number of anilines is 2. The maximum absolute atomic E-state index is 12.5. The average molecular weight is 479 g/mol. The second-order valence-electron chi connectivity index (χ2n) is 6.79. The maximum atomic E-state index is 12.5. The zero-order valence-corrected chi connectivity index (χ0v) is 19.0. The molecule has 2 amide bonds. The molecule has 0 spiro atoms. The van der Waals surface area contributed by atoms with Gasteiger partial charge in [-0.1, -0.05) is 53.4 Å². The molecule has 10 heteroatoms. The Bertz CT molecular complexity index is 1320. The van der Waals surface area contributed by atoms with Crippen molar-refractivity contribution in [1.82, 2.24) is 10.2 Å². The summed E-state index contributed by atoms with van der Waals surface area (Å²) in [7, 11) is 1.31. The third-order valence-corrected chi connectivity index (χ3v) is 6.53. The quantitative estimate of drug-likeness (QED) is 0.229. The van der Waals surface area contributed by atoms with Crippen molar-refractivity contribution >= 4 is 62.5 Å². The minimum absolute atomic E-state index is 0.117.